The molecule has 3 rings (SSSR count). The van der Waals surface area contributed by atoms with Gasteiger partial charge >= 0.3 is 0 Å². The Balaban J connectivity index is 1.93. The zero-order valence-corrected chi connectivity index (χ0v) is 18.6. The highest BCUT2D eigenvalue weighted by Gasteiger charge is 2.30. The molecule has 0 bridgehead atoms. The van der Waals surface area contributed by atoms with Gasteiger partial charge in [0.15, 0.2) is 9.84 Å². The first-order chi connectivity index (χ1) is 14.7. The molecule has 0 spiro atoms. The second-order valence-electron chi connectivity index (χ2n) is 7.35. The molecular formula is C23H22ClFN2O3S. The Bertz CT molecular complexity index is 1150. The third-order valence-corrected chi connectivity index (χ3v) is 7.38. The van der Waals surface area contributed by atoms with Crippen molar-refractivity contribution in [3.05, 3.63) is 94.5 Å². The van der Waals surface area contributed by atoms with Gasteiger partial charge in [-0.3, -0.25) is 9.78 Å². The summed E-state index contributed by atoms with van der Waals surface area (Å²) in [6, 6.07) is 13.8. The van der Waals surface area contributed by atoms with E-state index in [0.717, 1.165) is 11.6 Å². The smallest absolute Gasteiger partial charge is 0.255 e. The molecule has 162 valence electrons. The van der Waals surface area contributed by atoms with Crippen molar-refractivity contribution in [1.29, 1.82) is 0 Å². The van der Waals surface area contributed by atoms with Crippen LogP contribution in [0, 0.1) is 5.82 Å². The van der Waals surface area contributed by atoms with E-state index < -0.39 is 26.8 Å². The van der Waals surface area contributed by atoms with Crippen molar-refractivity contribution in [2.45, 2.75) is 29.9 Å². The maximum atomic E-state index is 14.1. The minimum absolute atomic E-state index is 0.0532. The van der Waals surface area contributed by atoms with Crippen LogP contribution in [0.3, 0.4) is 0 Å². The number of hydrogen-bond donors (Lipinski definition) is 1. The number of amides is 1. The minimum Gasteiger partial charge on any atom is -0.350 e. The Kier molecular flexibility index (Phi) is 7.08. The molecule has 31 heavy (non-hydrogen) atoms. The van der Waals surface area contributed by atoms with Crippen LogP contribution in [0.4, 0.5) is 4.39 Å². The molecule has 5 nitrogen and oxygen atoms in total. The Hall–Kier alpha value is -2.77. The summed E-state index contributed by atoms with van der Waals surface area (Å²) in [5.41, 5.74) is 1.10. The van der Waals surface area contributed by atoms with E-state index in [0.29, 0.717) is 5.56 Å². The van der Waals surface area contributed by atoms with Crippen LogP contribution in [0.2, 0.25) is 5.02 Å². The Labute approximate surface area is 186 Å². The molecule has 1 atom stereocenters. The summed E-state index contributed by atoms with van der Waals surface area (Å²) in [5, 5.41) is 1.35. The van der Waals surface area contributed by atoms with Crippen LogP contribution in [0.25, 0.3) is 0 Å². The van der Waals surface area contributed by atoms with Crippen LogP contribution in [0.5, 0.6) is 0 Å². The average molecular weight is 461 g/mol. The molecule has 8 heteroatoms. The molecule has 0 radical (unpaired) electrons. The van der Waals surface area contributed by atoms with Crippen molar-refractivity contribution >= 4 is 27.3 Å². The molecular weight excluding hydrogens is 439 g/mol. The van der Waals surface area contributed by atoms with Crippen molar-refractivity contribution in [2.75, 3.05) is 6.54 Å². The third kappa shape index (κ3) is 5.11. The lowest BCUT2D eigenvalue weighted by Gasteiger charge is -2.19. The molecule has 1 N–H and O–H groups in total. The summed E-state index contributed by atoms with van der Waals surface area (Å²) < 4.78 is 40.9. The molecule has 2 aromatic carbocycles. The predicted molar refractivity (Wildman–Crippen MR) is 118 cm³/mol. The van der Waals surface area contributed by atoms with E-state index in [1.165, 1.54) is 24.5 Å². The first kappa shape index (κ1) is 22.9. The molecule has 0 saturated carbocycles. The number of carbonyl (C=O) groups is 1. The molecule has 0 fully saturated rings. The molecule has 1 aromatic heterocycles. The van der Waals surface area contributed by atoms with E-state index in [9.17, 15) is 17.6 Å². The number of hydrogen-bond acceptors (Lipinski definition) is 4. The minimum atomic E-state index is -3.88. The summed E-state index contributed by atoms with van der Waals surface area (Å²) in [6.07, 6.45) is 2.97. The normalized spacial score (nSPS) is 12.5. The van der Waals surface area contributed by atoms with Gasteiger partial charge < -0.3 is 5.32 Å². The van der Waals surface area contributed by atoms with Gasteiger partial charge in [-0.15, -0.1) is 0 Å². The zero-order chi connectivity index (χ0) is 22.6. The van der Waals surface area contributed by atoms with Gasteiger partial charge in [0.1, 0.15) is 11.1 Å². The highest BCUT2D eigenvalue weighted by molar-refractivity contribution is 7.91. The van der Waals surface area contributed by atoms with Gasteiger partial charge in [0, 0.05) is 18.9 Å². The van der Waals surface area contributed by atoms with Crippen LogP contribution in [0.15, 0.2) is 71.9 Å². The Morgan fingerprint density at radius 2 is 1.77 bits per heavy atom. The number of aromatic nitrogens is 1. The molecule has 1 amide bonds. The largest absolute Gasteiger partial charge is 0.350 e. The molecule has 0 saturated heterocycles. The van der Waals surface area contributed by atoms with Crippen molar-refractivity contribution in [3.63, 3.8) is 0 Å². The fourth-order valence-electron chi connectivity index (χ4n) is 3.17. The summed E-state index contributed by atoms with van der Waals surface area (Å²) in [4.78, 5) is 16.7. The van der Waals surface area contributed by atoms with Crippen LogP contribution in [-0.2, 0) is 9.84 Å². The standard InChI is InChI=1S/C23H22ClFN2O3S/c1-15(2)16-8-10-18(11-9-16)31(29,30)21(17-5-4-12-26-13-17)14-27-23(28)22-19(24)6-3-7-20(22)25/h3-13,15,21H,14H2,1-2H3,(H,27,28). The van der Waals surface area contributed by atoms with Gasteiger partial charge in [-0.1, -0.05) is 49.7 Å². The number of halogens is 2. The quantitative estimate of drug-likeness (QED) is 0.541. The van der Waals surface area contributed by atoms with Crippen molar-refractivity contribution in [3.8, 4) is 0 Å². The van der Waals surface area contributed by atoms with Crippen LogP contribution in [0.1, 0.15) is 46.5 Å². The number of rotatable bonds is 7. The van der Waals surface area contributed by atoms with Gasteiger partial charge in [0.25, 0.3) is 5.91 Å². The predicted octanol–water partition coefficient (Wildman–Crippen LogP) is 4.94. The second-order valence-corrected chi connectivity index (χ2v) is 9.89. The first-order valence-corrected chi connectivity index (χ1v) is 11.6. The highest BCUT2D eigenvalue weighted by atomic mass is 35.5. The summed E-state index contributed by atoms with van der Waals surface area (Å²) >= 11 is 5.95. The number of nitrogens with one attached hydrogen (secondary N) is 1. The van der Waals surface area contributed by atoms with Crippen molar-refractivity contribution in [1.82, 2.24) is 10.3 Å². The lowest BCUT2D eigenvalue weighted by Crippen LogP contribution is -2.32. The van der Waals surface area contributed by atoms with Crippen molar-refractivity contribution < 1.29 is 17.6 Å². The van der Waals surface area contributed by atoms with E-state index in [-0.39, 0.29) is 27.9 Å². The molecule has 0 aliphatic heterocycles. The topological polar surface area (TPSA) is 76.1 Å². The van der Waals surface area contributed by atoms with Crippen LogP contribution in [-0.4, -0.2) is 25.9 Å². The molecule has 1 heterocycles. The maximum absolute atomic E-state index is 14.1. The van der Waals surface area contributed by atoms with Gasteiger partial charge in [-0.25, -0.2) is 12.8 Å². The van der Waals surface area contributed by atoms with E-state index in [1.54, 1.807) is 36.4 Å². The van der Waals surface area contributed by atoms with Gasteiger partial charge in [-0.2, -0.15) is 0 Å². The van der Waals surface area contributed by atoms with Crippen LogP contribution < -0.4 is 5.32 Å². The second kappa shape index (κ2) is 9.58. The number of sulfone groups is 1. The number of carbonyl (C=O) groups excluding carboxylic acids is 1. The van der Waals surface area contributed by atoms with Gasteiger partial charge in [-0.05, 0) is 47.4 Å². The van der Waals surface area contributed by atoms with E-state index >= 15 is 0 Å². The van der Waals surface area contributed by atoms with Gasteiger partial charge in [0.2, 0.25) is 0 Å². The summed E-state index contributed by atoms with van der Waals surface area (Å²) in [6.45, 7) is 3.76. The molecule has 1 unspecified atom stereocenters. The van der Waals surface area contributed by atoms with Gasteiger partial charge in [0.05, 0.1) is 15.5 Å². The number of benzene rings is 2. The SMILES string of the molecule is CC(C)c1ccc(S(=O)(=O)C(CNC(=O)c2c(F)cccc2Cl)c2cccnc2)cc1. The molecule has 3 aromatic rings. The zero-order valence-electron chi connectivity index (χ0n) is 17.0. The van der Waals surface area contributed by atoms with Crippen LogP contribution >= 0.6 is 11.6 Å². The average Bonchev–Trinajstić information content (AvgIpc) is 2.74. The molecule has 0 aliphatic rings. The molecule has 0 aliphatic carbocycles. The summed E-state index contributed by atoms with van der Waals surface area (Å²) in [7, 11) is -3.88. The third-order valence-electron chi connectivity index (χ3n) is 4.94. The van der Waals surface area contributed by atoms with E-state index in [2.05, 4.69) is 10.3 Å². The van der Waals surface area contributed by atoms with Crippen molar-refractivity contribution in [2.24, 2.45) is 0 Å². The maximum Gasteiger partial charge on any atom is 0.255 e. The monoisotopic (exact) mass is 460 g/mol. The Morgan fingerprint density at radius 3 is 2.35 bits per heavy atom. The fourth-order valence-corrected chi connectivity index (χ4v) is 5.06. The Morgan fingerprint density at radius 1 is 1.06 bits per heavy atom. The number of nitrogens with zero attached hydrogens (tertiary/aromatic N) is 1. The summed E-state index contributed by atoms with van der Waals surface area (Å²) in [5.74, 6) is -1.31. The number of pyridine rings is 1. The fraction of sp³-hybridized carbons (Fsp3) is 0.217. The lowest BCUT2D eigenvalue weighted by atomic mass is 10.0. The first-order valence-electron chi connectivity index (χ1n) is 9.67. The van der Waals surface area contributed by atoms with E-state index in [1.807, 2.05) is 13.8 Å². The highest BCUT2D eigenvalue weighted by Crippen LogP contribution is 2.29. The van der Waals surface area contributed by atoms with E-state index in [4.69, 9.17) is 11.6 Å². The lowest BCUT2D eigenvalue weighted by molar-refractivity contribution is 0.0950.